The molecule has 0 aliphatic heterocycles. The standard InChI is InChI=1S/C38H70S2/c1-3-5-7-9-11-13-15-17-19-21-23-25-27-29-35-31-37(33-39)38(34-40)32-36(35)30-28-26-24-22-20-18-16-14-12-10-8-6-4-2/h31-32,39-40H,3-30,33-34H2,1-2H3. The van der Waals surface area contributed by atoms with Gasteiger partial charge in [0.2, 0.25) is 0 Å². The first kappa shape index (κ1) is 37.9. The van der Waals surface area contributed by atoms with Crippen LogP contribution >= 0.6 is 25.3 Å². The lowest BCUT2D eigenvalue weighted by atomic mass is 9.92. The average Bonchev–Trinajstić information content (AvgIpc) is 2.97. The van der Waals surface area contributed by atoms with Crippen LogP contribution in [0.3, 0.4) is 0 Å². The first-order valence-corrected chi connectivity index (χ1v) is 19.4. The number of hydrogen-bond acceptors (Lipinski definition) is 2. The second-order valence-corrected chi connectivity index (χ2v) is 13.3. The van der Waals surface area contributed by atoms with Crippen LogP contribution in [0.25, 0.3) is 0 Å². The van der Waals surface area contributed by atoms with Crippen LogP contribution in [0.2, 0.25) is 0 Å². The zero-order valence-electron chi connectivity index (χ0n) is 27.3. The zero-order chi connectivity index (χ0) is 28.9. The summed E-state index contributed by atoms with van der Waals surface area (Å²) in [5.41, 5.74) is 6.02. The number of hydrogen-bond donors (Lipinski definition) is 2. The summed E-state index contributed by atoms with van der Waals surface area (Å²) in [6.07, 6.45) is 39.6. The van der Waals surface area contributed by atoms with Crippen LogP contribution in [0.5, 0.6) is 0 Å². The fraction of sp³-hybridized carbons (Fsp3) is 0.842. The highest BCUT2D eigenvalue weighted by Crippen LogP contribution is 2.25. The number of thiol groups is 2. The van der Waals surface area contributed by atoms with Crippen molar-refractivity contribution in [3.05, 3.63) is 34.4 Å². The van der Waals surface area contributed by atoms with Gasteiger partial charge < -0.3 is 0 Å². The molecule has 0 fully saturated rings. The molecule has 0 heterocycles. The molecule has 0 amide bonds. The highest BCUT2D eigenvalue weighted by molar-refractivity contribution is 7.79. The van der Waals surface area contributed by atoms with Gasteiger partial charge in [-0.1, -0.05) is 180 Å². The Hall–Kier alpha value is -0.0800. The second kappa shape index (κ2) is 29.0. The smallest absolute Gasteiger partial charge is 0.0157 e. The van der Waals surface area contributed by atoms with E-state index in [9.17, 15) is 0 Å². The minimum absolute atomic E-state index is 0.834. The molecular weight excluding hydrogens is 521 g/mol. The van der Waals surface area contributed by atoms with Crippen LogP contribution in [0, 0.1) is 0 Å². The van der Waals surface area contributed by atoms with E-state index in [4.69, 9.17) is 0 Å². The molecular formula is C38H70S2. The van der Waals surface area contributed by atoms with Crippen LogP contribution in [0.15, 0.2) is 12.1 Å². The molecule has 0 saturated heterocycles. The van der Waals surface area contributed by atoms with E-state index in [1.807, 2.05) is 0 Å². The highest BCUT2D eigenvalue weighted by Gasteiger charge is 2.09. The number of benzene rings is 1. The molecule has 0 unspecified atom stereocenters. The van der Waals surface area contributed by atoms with E-state index in [-0.39, 0.29) is 0 Å². The summed E-state index contributed by atoms with van der Waals surface area (Å²) >= 11 is 9.27. The van der Waals surface area contributed by atoms with E-state index in [1.54, 1.807) is 11.1 Å². The Bertz CT molecular complexity index is 611. The Balaban J connectivity index is 2.21. The lowest BCUT2D eigenvalue weighted by Gasteiger charge is -2.15. The Morgan fingerprint density at radius 2 is 0.550 bits per heavy atom. The monoisotopic (exact) mass is 590 g/mol. The third-order valence-electron chi connectivity index (χ3n) is 8.96. The van der Waals surface area contributed by atoms with E-state index < -0.39 is 0 Å². The van der Waals surface area contributed by atoms with Crippen molar-refractivity contribution >= 4 is 25.3 Å². The van der Waals surface area contributed by atoms with Gasteiger partial charge in [-0.2, -0.15) is 25.3 Å². The topological polar surface area (TPSA) is 0 Å². The van der Waals surface area contributed by atoms with Crippen molar-refractivity contribution in [1.82, 2.24) is 0 Å². The van der Waals surface area contributed by atoms with Gasteiger partial charge in [-0.25, -0.2) is 0 Å². The molecule has 0 saturated carbocycles. The quantitative estimate of drug-likeness (QED) is 0.0646. The van der Waals surface area contributed by atoms with Gasteiger partial charge in [0.25, 0.3) is 0 Å². The van der Waals surface area contributed by atoms with Crippen LogP contribution in [0.1, 0.15) is 203 Å². The minimum atomic E-state index is 0.834. The zero-order valence-corrected chi connectivity index (χ0v) is 29.1. The highest BCUT2D eigenvalue weighted by atomic mass is 32.1. The van der Waals surface area contributed by atoms with E-state index in [2.05, 4.69) is 51.2 Å². The summed E-state index contributed by atoms with van der Waals surface area (Å²) < 4.78 is 0. The Labute approximate surface area is 263 Å². The predicted molar refractivity (Wildman–Crippen MR) is 191 cm³/mol. The summed E-state index contributed by atoms with van der Waals surface area (Å²) in [6, 6.07) is 4.97. The van der Waals surface area contributed by atoms with Crippen molar-refractivity contribution in [1.29, 1.82) is 0 Å². The van der Waals surface area contributed by atoms with E-state index in [1.165, 1.54) is 191 Å². The fourth-order valence-corrected chi connectivity index (χ4v) is 6.81. The third-order valence-corrected chi connectivity index (χ3v) is 9.64. The number of rotatable bonds is 30. The number of aryl methyl sites for hydroxylation is 2. The summed E-state index contributed by atoms with van der Waals surface area (Å²) in [4.78, 5) is 0. The first-order chi connectivity index (χ1) is 19.8. The molecule has 0 N–H and O–H groups in total. The Kier molecular flexibility index (Phi) is 27.5. The maximum atomic E-state index is 4.63. The largest absolute Gasteiger partial charge is 0.175 e. The summed E-state index contributed by atoms with van der Waals surface area (Å²) in [6.45, 7) is 4.61. The molecule has 0 bridgehead atoms. The van der Waals surface area contributed by atoms with Gasteiger partial charge in [0, 0.05) is 11.5 Å². The molecule has 0 aliphatic rings. The van der Waals surface area contributed by atoms with E-state index in [0.29, 0.717) is 0 Å². The second-order valence-electron chi connectivity index (χ2n) is 12.7. The van der Waals surface area contributed by atoms with Crippen molar-refractivity contribution in [2.24, 2.45) is 0 Å². The van der Waals surface area contributed by atoms with Gasteiger partial charge in [0.15, 0.2) is 0 Å². The predicted octanol–water partition coefficient (Wildman–Crippen LogP) is 13.8. The normalized spacial score (nSPS) is 11.5. The van der Waals surface area contributed by atoms with Crippen molar-refractivity contribution in [3.8, 4) is 0 Å². The number of unbranched alkanes of at least 4 members (excludes halogenated alkanes) is 24. The molecule has 0 radical (unpaired) electrons. The van der Waals surface area contributed by atoms with Crippen LogP contribution in [-0.2, 0) is 24.3 Å². The molecule has 0 nitrogen and oxygen atoms in total. The molecule has 2 heteroatoms. The van der Waals surface area contributed by atoms with E-state index >= 15 is 0 Å². The summed E-state index contributed by atoms with van der Waals surface area (Å²) in [5.74, 6) is 1.67. The molecule has 0 aliphatic carbocycles. The van der Waals surface area contributed by atoms with Gasteiger partial charge >= 0.3 is 0 Å². The summed E-state index contributed by atoms with van der Waals surface area (Å²) in [7, 11) is 0. The average molecular weight is 591 g/mol. The molecule has 0 atom stereocenters. The van der Waals surface area contributed by atoms with Crippen LogP contribution in [0.4, 0.5) is 0 Å². The van der Waals surface area contributed by atoms with Crippen molar-refractivity contribution in [3.63, 3.8) is 0 Å². The molecule has 234 valence electrons. The summed E-state index contributed by atoms with van der Waals surface area (Å²) in [5, 5.41) is 0. The minimum Gasteiger partial charge on any atom is -0.175 e. The van der Waals surface area contributed by atoms with Gasteiger partial charge in [-0.3, -0.25) is 0 Å². The third kappa shape index (κ3) is 20.7. The maximum absolute atomic E-state index is 4.63. The molecule has 1 aromatic rings. The molecule has 0 aromatic heterocycles. The maximum Gasteiger partial charge on any atom is 0.0157 e. The van der Waals surface area contributed by atoms with Crippen LogP contribution < -0.4 is 0 Å². The van der Waals surface area contributed by atoms with Crippen molar-refractivity contribution in [2.45, 2.75) is 205 Å². The molecule has 40 heavy (non-hydrogen) atoms. The van der Waals surface area contributed by atoms with Crippen molar-refractivity contribution in [2.75, 3.05) is 0 Å². The van der Waals surface area contributed by atoms with Gasteiger partial charge in [0.1, 0.15) is 0 Å². The Morgan fingerprint density at radius 1 is 0.325 bits per heavy atom. The lowest BCUT2D eigenvalue weighted by Crippen LogP contribution is -2.01. The molecule has 0 spiro atoms. The fourth-order valence-electron chi connectivity index (χ4n) is 6.22. The van der Waals surface area contributed by atoms with Gasteiger partial charge in [-0.15, -0.1) is 0 Å². The van der Waals surface area contributed by atoms with E-state index in [0.717, 1.165) is 11.5 Å². The van der Waals surface area contributed by atoms with Crippen molar-refractivity contribution < 1.29 is 0 Å². The van der Waals surface area contributed by atoms with Crippen LogP contribution in [-0.4, -0.2) is 0 Å². The Morgan fingerprint density at radius 3 is 0.775 bits per heavy atom. The van der Waals surface area contributed by atoms with Gasteiger partial charge in [-0.05, 0) is 47.9 Å². The molecule has 1 rings (SSSR count). The lowest BCUT2D eigenvalue weighted by molar-refractivity contribution is 0.537. The van der Waals surface area contributed by atoms with Gasteiger partial charge in [0.05, 0.1) is 0 Å². The SMILES string of the molecule is CCCCCCCCCCCCCCCc1cc(CS)c(CS)cc1CCCCCCCCCCCCCCC. The molecule has 1 aromatic carbocycles. The first-order valence-electron chi connectivity index (χ1n) is 18.1.